The van der Waals surface area contributed by atoms with Gasteiger partial charge in [-0.2, -0.15) is 0 Å². The third-order valence-electron chi connectivity index (χ3n) is 3.05. The fourth-order valence-electron chi connectivity index (χ4n) is 1.99. The van der Waals surface area contributed by atoms with E-state index in [2.05, 4.69) is 4.98 Å². The van der Waals surface area contributed by atoms with E-state index in [1.807, 2.05) is 0 Å². The Morgan fingerprint density at radius 1 is 1.63 bits per heavy atom. The van der Waals surface area contributed by atoms with Crippen molar-refractivity contribution in [1.82, 2.24) is 9.55 Å². The molecule has 19 heavy (non-hydrogen) atoms. The van der Waals surface area contributed by atoms with Gasteiger partial charge in [-0.05, 0) is 13.0 Å². The number of nitrogens with zero attached hydrogens (tertiary/aromatic N) is 1. The van der Waals surface area contributed by atoms with Crippen LogP contribution in [0.3, 0.4) is 0 Å². The van der Waals surface area contributed by atoms with Gasteiger partial charge in [0.25, 0.3) is 5.85 Å². The first-order chi connectivity index (χ1) is 8.72. The number of alkyl halides is 2. The van der Waals surface area contributed by atoms with Crippen LogP contribution in [0.25, 0.3) is 0 Å². The molecule has 0 saturated carbocycles. The van der Waals surface area contributed by atoms with E-state index in [1.54, 1.807) is 0 Å². The number of aromatic nitrogens is 2. The second-order valence-corrected chi connectivity index (χ2v) is 4.93. The Hall–Kier alpha value is -1.16. The largest absolute Gasteiger partial charge is 0.390 e. The second-order valence-electron chi connectivity index (χ2n) is 4.49. The molecule has 3 N–H and O–H groups in total. The van der Waals surface area contributed by atoms with Crippen LogP contribution in [0.5, 0.6) is 0 Å². The van der Waals surface area contributed by atoms with Crippen molar-refractivity contribution in [3.05, 3.63) is 27.4 Å². The molecular formula is C10H12F2N2O4S. The fraction of sp³-hybridized carbons (Fsp3) is 0.600. The maximum Gasteiger partial charge on any atom is 0.328 e. The van der Waals surface area contributed by atoms with Crippen LogP contribution >= 0.6 is 12.2 Å². The molecule has 1 aliphatic heterocycles. The average Bonchev–Trinajstić information content (AvgIpc) is 2.51. The molecule has 0 aliphatic carbocycles. The van der Waals surface area contributed by atoms with E-state index in [0.717, 1.165) is 17.7 Å². The lowest BCUT2D eigenvalue weighted by atomic mass is 9.97. The lowest BCUT2D eigenvalue weighted by molar-refractivity contribution is -0.207. The molecule has 4 atom stereocenters. The van der Waals surface area contributed by atoms with Crippen LogP contribution in [0.2, 0.25) is 0 Å². The maximum absolute atomic E-state index is 14.4. The normalized spacial score (nSPS) is 38.6. The van der Waals surface area contributed by atoms with Crippen molar-refractivity contribution in [2.24, 2.45) is 0 Å². The van der Waals surface area contributed by atoms with Gasteiger partial charge >= 0.3 is 5.69 Å². The van der Waals surface area contributed by atoms with Gasteiger partial charge in [0, 0.05) is 6.20 Å². The van der Waals surface area contributed by atoms with E-state index < -0.39 is 36.2 Å². The van der Waals surface area contributed by atoms with Crippen LogP contribution in [0.15, 0.2) is 17.1 Å². The Kier molecular flexibility index (Phi) is 3.33. The summed E-state index contributed by atoms with van der Waals surface area (Å²) in [6, 6.07) is 1.29. The van der Waals surface area contributed by atoms with Crippen molar-refractivity contribution in [3.8, 4) is 0 Å². The lowest BCUT2D eigenvalue weighted by Crippen LogP contribution is -2.46. The highest BCUT2D eigenvalue weighted by molar-refractivity contribution is 7.71. The first-order valence-electron chi connectivity index (χ1n) is 5.38. The Morgan fingerprint density at radius 3 is 2.74 bits per heavy atom. The summed E-state index contributed by atoms with van der Waals surface area (Å²) in [6.45, 7) is -0.352. The van der Waals surface area contributed by atoms with Crippen LogP contribution in [0, 0.1) is 4.64 Å². The van der Waals surface area contributed by atoms with Crippen molar-refractivity contribution >= 4 is 12.2 Å². The van der Waals surface area contributed by atoms with Crippen LogP contribution in [-0.2, 0) is 4.74 Å². The summed E-state index contributed by atoms with van der Waals surface area (Å²) in [7, 11) is 0. The molecule has 1 unspecified atom stereocenters. The summed E-state index contributed by atoms with van der Waals surface area (Å²) >= 11 is 4.72. The smallest absolute Gasteiger partial charge is 0.328 e. The van der Waals surface area contributed by atoms with E-state index in [-0.39, 0.29) is 4.64 Å². The number of ether oxygens (including phenoxy) is 1. The van der Waals surface area contributed by atoms with Gasteiger partial charge in [-0.15, -0.1) is 0 Å². The van der Waals surface area contributed by atoms with Crippen molar-refractivity contribution in [3.63, 3.8) is 0 Å². The number of hydrogen-bond donors (Lipinski definition) is 3. The van der Waals surface area contributed by atoms with E-state index in [4.69, 9.17) is 22.1 Å². The Bertz CT molecular complexity index is 602. The lowest BCUT2D eigenvalue weighted by Gasteiger charge is -2.24. The summed E-state index contributed by atoms with van der Waals surface area (Å²) in [5.41, 5.74) is -3.41. The number of aliphatic hydroxyl groups is 2. The van der Waals surface area contributed by atoms with Gasteiger partial charge in [0.05, 0.1) is 0 Å². The first-order valence-corrected chi connectivity index (χ1v) is 5.79. The molecule has 0 aromatic carbocycles. The number of aliphatic hydroxyl groups excluding tert-OH is 2. The SMILES string of the molecule is CC1(F)[C@@H](O)[C@@](F)(CO)O[C@H]1n1ccc(=S)[nH]c1=O. The summed E-state index contributed by atoms with van der Waals surface area (Å²) in [5, 5.41) is 18.4. The molecule has 9 heteroatoms. The summed E-state index contributed by atoms with van der Waals surface area (Å²) in [5.74, 6) is -2.97. The molecule has 2 rings (SSSR count). The zero-order valence-electron chi connectivity index (χ0n) is 9.84. The fourth-order valence-corrected chi connectivity index (χ4v) is 2.13. The van der Waals surface area contributed by atoms with Crippen molar-refractivity contribution < 1.29 is 23.7 Å². The third-order valence-corrected chi connectivity index (χ3v) is 3.29. The molecule has 0 spiro atoms. The number of halogens is 2. The molecule has 1 aromatic heterocycles. The Balaban J connectivity index is 2.51. The molecule has 1 saturated heterocycles. The first kappa shape index (κ1) is 14.3. The molecule has 1 fully saturated rings. The minimum Gasteiger partial charge on any atom is -0.390 e. The van der Waals surface area contributed by atoms with Crippen molar-refractivity contribution in [2.45, 2.75) is 30.8 Å². The van der Waals surface area contributed by atoms with Crippen molar-refractivity contribution in [1.29, 1.82) is 0 Å². The molecule has 0 bridgehead atoms. The Morgan fingerprint density at radius 2 is 2.26 bits per heavy atom. The highest BCUT2D eigenvalue weighted by atomic mass is 32.1. The van der Waals surface area contributed by atoms with E-state index in [0.29, 0.717) is 0 Å². The van der Waals surface area contributed by atoms with E-state index in [1.165, 1.54) is 6.07 Å². The number of rotatable bonds is 2. The number of hydrogen-bond acceptors (Lipinski definition) is 5. The maximum atomic E-state index is 14.4. The van der Waals surface area contributed by atoms with Gasteiger partial charge in [-0.25, -0.2) is 13.6 Å². The molecular weight excluding hydrogens is 282 g/mol. The van der Waals surface area contributed by atoms with Gasteiger partial charge in [0.1, 0.15) is 11.2 Å². The minimum atomic E-state index is -2.97. The quantitative estimate of drug-likeness (QED) is 0.677. The summed E-state index contributed by atoms with van der Waals surface area (Å²) < 4.78 is 33.9. The monoisotopic (exact) mass is 294 g/mol. The topological polar surface area (TPSA) is 87.5 Å². The molecule has 2 heterocycles. The number of nitrogens with one attached hydrogen (secondary N) is 1. The van der Waals surface area contributed by atoms with Crippen LogP contribution in [-0.4, -0.2) is 44.0 Å². The van der Waals surface area contributed by atoms with Crippen LogP contribution in [0.4, 0.5) is 8.78 Å². The van der Waals surface area contributed by atoms with Gasteiger partial charge in [0.15, 0.2) is 18.0 Å². The molecule has 0 radical (unpaired) electrons. The molecule has 1 aromatic rings. The summed E-state index contributed by atoms with van der Waals surface area (Å²) in [6.07, 6.45) is -2.83. The van der Waals surface area contributed by atoms with E-state index >= 15 is 0 Å². The minimum absolute atomic E-state index is 0.119. The predicted octanol–water partition coefficient (Wildman–Crippen LogP) is 0.182. The number of H-pyrrole nitrogens is 1. The average molecular weight is 294 g/mol. The van der Waals surface area contributed by atoms with Crippen LogP contribution in [0.1, 0.15) is 13.2 Å². The zero-order valence-corrected chi connectivity index (χ0v) is 10.7. The molecule has 1 aliphatic rings. The highest BCUT2D eigenvalue weighted by Crippen LogP contribution is 2.46. The Labute approximate surface area is 111 Å². The third kappa shape index (κ3) is 2.12. The van der Waals surface area contributed by atoms with Gasteiger partial charge in [-0.1, -0.05) is 12.2 Å². The predicted molar refractivity (Wildman–Crippen MR) is 62.5 cm³/mol. The van der Waals surface area contributed by atoms with E-state index in [9.17, 15) is 18.7 Å². The summed E-state index contributed by atoms with van der Waals surface area (Å²) in [4.78, 5) is 13.9. The molecule has 106 valence electrons. The second kappa shape index (κ2) is 4.44. The van der Waals surface area contributed by atoms with Gasteiger partial charge in [0.2, 0.25) is 0 Å². The van der Waals surface area contributed by atoms with Crippen molar-refractivity contribution in [2.75, 3.05) is 6.61 Å². The molecule has 0 amide bonds. The van der Waals surface area contributed by atoms with Gasteiger partial charge in [-0.3, -0.25) is 9.55 Å². The number of aromatic amines is 1. The molecule has 6 nitrogen and oxygen atoms in total. The zero-order chi connectivity index (χ0) is 14.4. The standard InChI is InChI=1S/C10H12F2N2O4S/c1-9(11)6(16)10(12,4-15)18-7(9)14-3-2-5(19)13-8(14)17/h2-3,6-7,15-16H,4H2,1H3,(H,13,17,19)/t6-,7-,9?,10-/m1/s1. The highest BCUT2D eigenvalue weighted by Gasteiger charge is 2.64. The van der Waals surface area contributed by atoms with Crippen LogP contribution < -0.4 is 5.69 Å². The van der Waals surface area contributed by atoms with Gasteiger partial charge < -0.3 is 14.9 Å².